The summed E-state index contributed by atoms with van der Waals surface area (Å²) >= 11 is 0. The number of imidazole rings is 1. The maximum Gasteiger partial charge on any atom is 0.341 e. The lowest BCUT2D eigenvalue weighted by Gasteiger charge is -2.28. The van der Waals surface area contributed by atoms with Gasteiger partial charge in [-0.1, -0.05) is 43.7 Å². The maximum absolute atomic E-state index is 11.0. The number of aliphatic carboxylic acids is 1. The number of ether oxygens (including phenoxy) is 2. The van der Waals surface area contributed by atoms with Crippen molar-refractivity contribution in [1.29, 1.82) is 0 Å². The number of unbranched alkanes of at least 4 members (excludes halogenated alkanes) is 1. The number of fused-ring (bicyclic) bond motifs is 3. The molecule has 5 rings (SSSR count). The minimum atomic E-state index is -0.981. The third kappa shape index (κ3) is 8.22. The highest BCUT2D eigenvalue weighted by molar-refractivity contribution is 6.06. The van der Waals surface area contributed by atoms with E-state index in [2.05, 4.69) is 38.4 Å². The van der Waals surface area contributed by atoms with Crippen molar-refractivity contribution in [3.05, 3.63) is 59.9 Å². The largest absolute Gasteiger partial charge is 0.482 e. The highest BCUT2D eigenvalue weighted by Crippen LogP contribution is 2.29. The van der Waals surface area contributed by atoms with E-state index < -0.39 is 5.97 Å². The number of anilines is 1. The number of carboxylic acids is 1. The highest BCUT2D eigenvalue weighted by atomic mass is 16.5. The summed E-state index contributed by atoms with van der Waals surface area (Å²) in [4.78, 5) is 25.6. The second-order valence-corrected chi connectivity index (χ2v) is 11.3. The molecule has 2 aromatic carbocycles. The van der Waals surface area contributed by atoms with Crippen LogP contribution in [0.25, 0.3) is 21.9 Å². The van der Waals surface area contributed by atoms with Crippen molar-refractivity contribution in [2.24, 2.45) is 0 Å². The van der Waals surface area contributed by atoms with E-state index in [1.807, 2.05) is 36.4 Å². The van der Waals surface area contributed by atoms with Gasteiger partial charge in [0.15, 0.2) is 12.4 Å². The Morgan fingerprint density at radius 3 is 2.63 bits per heavy atom. The van der Waals surface area contributed by atoms with Crippen LogP contribution in [0, 0.1) is 0 Å². The molecule has 0 radical (unpaired) electrons. The molecule has 1 saturated heterocycles. The first-order valence-corrected chi connectivity index (χ1v) is 15.5. The van der Waals surface area contributed by atoms with Crippen molar-refractivity contribution >= 4 is 33.7 Å². The fourth-order valence-electron chi connectivity index (χ4n) is 5.87. The van der Waals surface area contributed by atoms with E-state index in [1.165, 1.54) is 0 Å². The number of para-hydroxylation sites is 1. The van der Waals surface area contributed by atoms with Gasteiger partial charge in [0.1, 0.15) is 17.1 Å². The van der Waals surface area contributed by atoms with Gasteiger partial charge < -0.3 is 24.9 Å². The van der Waals surface area contributed by atoms with Gasteiger partial charge in [-0.05, 0) is 56.1 Å². The van der Waals surface area contributed by atoms with E-state index >= 15 is 0 Å². The molecule has 0 unspecified atom stereocenters. The molecule has 0 saturated carbocycles. The lowest BCUT2D eigenvalue weighted by atomic mass is 10.1. The van der Waals surface area contributed by atoms with Crippen LogP contribution in [-0.2, 0) is 29.0 Å². The molecule has 0 bridgehead atoms. The summed E-state index contributed by atoms with van der Waals surface area (Å²) in [5.74, 6) is 1.16. The number of nitrogens with zero attached hydrogens (tertiary/aromatic N) is 5. The van der Waals surface area contributed by atoms with Gasteiger partial charge >= 0.3 is 5.97 Å². The number of rotatable bonds is 16. The molecule has 1 aliphatic heterocycles. The molecular formula is C33H44N6O4. The maximum atomic E-state index is 11.0. The SMILES string of the molecule is CCCCc1nc2c(N)nc3ccccc3c2n1CCCN(CCCN1CCOCC1)Cc1cccc(OCC(=O)O)c1. The Balaban J connectivity index is 1.33. The second kappa shape index (κ2) is 15.1. The molecule has 43 heavy (non-hydrogen) atoms. The summed E-state index contributed by atoms with van der Waals surface area (Å²) in [5, 5.41) is 10.1. The Morgan fingerprint density at radius 1 is 1.05 bits per heavy atom. The van der Waals surface area contributed by atoms with Gasteiger partial charge in [0.25, 0.3) is 0 Å². The highest BCUT2D eigenvalue weighted by Gasteiger charge is 2.18. The molecule has 4 aromatic rings. The average Bonchev–Trinajstić information content (AvgIpc) is 3.39. The zero-order chi connectivity index (χ0) is 30.0. The monoisotopic (exact) mass is 588 g/mol. The summed E-state index contributed by atoms with van der Waals surface area (Å²) in [6, 6.07) is 15.9. The second-order valence-electron chi connectivity index (χ2n) is 11.3. The van der Waals surface area contributed by atoms with Crippen molar-refractivity contribution in [3.8, 4) is 5.75 Å². The Kier molecular flexibility index (Phi) is 10.8. The Bertz CT molecular complexity index is 1500. The fourth-order valence-corrected chi connectivity index (χ4v) is 5.87. The quantitative estimate of drug-likeness (QED) is 0.194. The van der Waals surface area contributed by atoms with E-state index in [1.54, 1.807) is 0 Å². The minimum Gasteiger partial charge on any atom is -0.482 e. The topological polar surface area (TPSA) is 119 Å². The zero-order valence-corrected chi connectivity index (χ0v) is 25.2. The van der Waals surface area contributed by atoms with E-state index in [0.29, 0.717) is 11.6 Å². The van der Waals surface area contributed by atoms with E-state index in [9.17, 15) is 4.79 Å². The van der Waals surface area contributed by atoms with Gasteiger partial charge in [-0.3, -0.25) is 9.80 Å². The van der Waals surface area contributed by atoms with Crippen LogP contribution in [0.2, 0.25) is 0 Å². The Hall–Kier alpha value is -3.73. The summed E-state index contributed by atoms with van der Waals surface area (Å²) in [6.07, 6.45) is 5.10. The summed E-state index contributed by atoms with van der Waals surface area (Å²) in [6.45, 7) is 9.97. The van der Waals surface area contributed by atoms with Crippen LogP contribution < -0.4 is 10.5 Å². The van der Waals surface area contributed by atoms with Gasteiger partial charge in [-0.15, -0.1) is 0 Å². The molecule has 0 spiro atoms. The van der Waals surface area contributed by atoms with Crippen molar-refractivity contribution in [2.45, 2.75) is 52.1 Å². The number of aromatic nitrogens is 3. The van der Waals surface area contributed by atoms with Gasteiger partial charge in [-0.2, -0.15) is 0 Å². The predicted molar refractivity (Wildman–Crippen MR) is 169 cm³/mol. The number of nitrogen functional groups attached to an aromatic ring is 1. The number of hydrogen-bond acceptors (Lipinski definition) is 8. The number of carbonyl (C=O) groups is 1. The summed E-state index contributed by atoms with van der Waals surface area (Å²) < 4.78 is 13.3. The molecule has 3 heterocycles. The molecule has 3 N–H and O–H groups in total. The molecule has 0 atom stereocenters. The van der Waals surface area contributed by atoms with Crippen LogP contribution in [0.1, 0.15) is 44.0 Å². The first kappa shape index (κ1) is 30.7. The Morgan fingerprint density at radius 2 is 1.84 bits per heavy atom. The van der Waals surface area contributed by atoms with Crippen molar-refractivity contribution in [2.75, 3.05) is 58.3 Å². The van der Waals surface area contributed by atoms with Crippen molar-refractivity contribution in [1.82, 2.24) is 24.3 Å². The molecule has 0 amide bonds. The normalized spacial score (nSPS) is 14.2. The standard InChI is InChI=1S/C33H44N6O4/c1-2-3-13-29-36-31-32(27-11-4-5-12-28(27)35-33(31)34)39(29)17-8-16-38(15-7-14-37-18-20-42-21-19-37)23-25-9-6-10-26(22-25)43-24-30(40)41/h4-6,9-12,22H,2-3,7-8,13-21,23-24H2,1H3,(H2,34,35)(H,40,41). The lowest BCUT2D eigenvalue weighted by Crippen LogP contribution is -2.38. The number of nitrogens with two attached hydrogens (primary N) is 1. The third-order valence-corrected chi connectivity index (χ3v) is 8.02. The van der Waals surface area contributed by atoms with Crippen LogP contribution in [0.4, 0.5) is 5.82 Å². The predicted octanol–water partition coefficient (Wildman–Crippen LogP) is 4.59. The van der Waals surface area contributed by atoms with Crippen molar-refractivity contribution in [3.63, 3.8) is 0 Å². The number of pyridine rings is 1. The van der Waals surface area contributed by atoms with E-state index in [-0.39, 0.29) is 6.61 Å². The molecule has 1 fully saturated rings. The summed E-state index contributed by atoms with van der Waals surface area (Å²) in [5.41, 5.74) is 10.3. The summed E-state index contributed by atoms with van der Waals surface area (Å²) in [7, 11) is 0. The van der Waals surface area contributed by atoms with Gasteiger partial charge in [0.2, 0.25) is 0 Å². The number of benzene rings is 2. The van der Waals surface area contributed by atoms with Gasteiger partial charge in [0, 0.05) is 44.5 Å². The molecule has 230 valence electrons. The van der Waals surface area contributed by atoms with Crippen LogP contribution in [0.5, 0.6) is 5.75 Å². The number of carboxylic acid groups (broad SMARTS) is 1. The van der Waals surface area contributed by atoms with Gasteiger partial charge in [0.05, 0.1) is 24.2 Å². The first-order chi connectivity index (χ1) is 21.0. The van der Waals surface area contributed by atoms with Crippen LogP contribution in [-0.4, -0.2) is 88.0 Å². The van der Waals surface area contributed by atoms with Crippen LogP contribution >= 0.6 is 0 Å². The number of aryl methyl sites for hydroxylation is 2. The molecule has 0 aliphatic carbocycles. The first-order valence-electron chi connectivity index (χ1n) is 15.5. The zero-order valence-electron chi connectivity index (χ0n) is 25.2. The van der Waals surface area contributed by atoms with E-state index in [4.69, 9.17) is 25.3 Å². The number of morpholine rings is 1. The Labute approximate surface area is 253 Å². The molecular weight excluding hydrogens is 544 g/mol. The molecule has 2 aromatic heterocycles. The minimum absolute atomic E-state index is 0.347. The molecule has 10 nitrogen and oxygen atoms in total. The number of hydrogen-bond donors (Lipinski definition) is 2. The lowest BCUT2D eigenvalue weighted by molar-refractivity contribution is -0.139. The fraction of sp³-hybridized carbons (Fsp3) is 0.485. The molecule has 1 aliphatic rings. The average molecular weight is 589 g/mol. The van der Waals surface area contributed by atoms with E-state index in [0.717, 1.165) is 124 Å². The smallest absolute Gasteiger partial charge is 0.341 e. The molecule has 10 heteroatoms. The third-order valence-electron chi connectivity index (χ3n) is 8.02. The van der Waals surface area contributed by atoms with Crippen LogP contribution in [0.3, 0.4) is 0 Å². The van der Waals surface area contributed by atoms with Crippen molar-refractivity contribution < 1.29 is 19.4 Å². The van der Waals surface area contributed by atoms with Gasteiger partial charge in [-0.25, -0.2) is 14.8 Å². The van der Waals surface area contributed by atoms with Crippen LogP contribution in [0.15, 0.2) is 48.5 Å².